The van der Waals surface area contributed by atoms with Crippen molar-refractivity contribution in [3.8, 4) is 5.88 Å². The molecule has 1 aliphatic carbocycles. The van der Waals surface area contributed by atoms with Crippen LogP contribution in [0.25, 0.3) is 10.2 Å². The zero-order chi connectivity index (χ0) is 15.8. The molecule has 2 heterocycles. The zero-order valence-electron chi connectivity index (χ0n) is 12.9. The van der Waals surface area contributed by atoms with Crippen LogP contribution < -0.4 is 4.74 Å². The van der Waals surface area contributed by atoms with Crippen LogP contribution >= 0.6 is 22.9 Å². The van der Waals surface area contributed by atoms with Crippen molar-refractivity contribution in [1.29, 1.82) is 0 Å². The molecule has 2 aromatic heterocycles. The second-order valence-electron chi connectivity index (χ2n) is 6.09. The molecule has 1 aromatic carbocycles. The van der Waals surface area contributed by atoms with Crippen molar-refractivity contribution in [1.82, 2.24) is 9.97 Å². The molecule has 0 aliphatic heterocycles. The van der Waals surface area contributed by atoms with Crippen LogP contribution in [0.1, 0.15) is 29.3 Å². The number of fused-ring (bicyclic) bond motifs is 3. The largest absolute Gasteiger partial charge is 0.472 e. The molecule has 1 aliphatic rings. The molecule has 3 aromatic rings. The fourth-order valence-electron chi connectivity index (χ4n) is 3.12. The minimum absolute atomic E-state index is 0.423. The Morgan fingerprint density at radius 1 is 1.30 bits per heavy atom. The molecular formula is C18H17ClN2OS. The van der Waals surface area contributed by atoms with Crippen molar-refractivity contribution < 1.29 is 4.74 Å². The van der Waals surface area contributed by atoms with Gasteiger partial charge in [-0.2, -0.15) is 0 Å². The Kier molecular flexibility index (Phi) is 3.95. The summed E-state index contributed by atoms with van der Waals surface area (Å²) in [5, 5.41) is 1.82. The van der Waals surface area contributed by atoms with Crippen LogP contribution in [0.2, 0.25) is 5.02 Å². The summed E-state index contributed by atoms with van der Waals surface area (Å²) in [6.45, 7) is 2.74. The van der Waals surface area contributed by atoms with Gasteiger partial charge in [-0.15, -0.1) is 11.3 Å². The lowest BCUT2D eigenvalue weighted by Gasteiger charge is -2.18. The molecular weight excluding hydrogens is 328 g/mol. The monoisotopic (exact) mass is 344 g/mol. The van der Waals surface area contributed by atoms with Gasteiger partial charge in [-0.1, -0.05) is 36.7 Å². The highest BCUT2D eigenvalue weighted by molar-refractivity contribution is 7.18. The average molecular weight is 345 g/mol. The Bertz CT molecular complexity index is 861. The molecule has 23 heavy (non-hydrogen) atoms. The second kappa shape index (κ2) is 6.10. The van der Waals surface area contributed by atoms with Crippen molar-refractivity contribution in [3.63, 3.8) is 0 Å². The second-order valence-corrected chi connectivity index (χ2v) is 7.58. The van der Waals surface area contributed by atoms with E-state index in [4.69, 9.17) is 16.3 Å². The first kappa shape index (κ1) is 14.9. The number of thiophene rings is 1. The van der Waals surface area contributed by atoms with E-state index in [2.05, 4.69) is 16.9 Å². The van der Waals surface area contributed by atoms with Crippen LogP contribution in [0.3, 0.4) is 0 Å². The molecule has 0 radical (unpaired) electrons. The molecule has 1 unspecified atom stereocenters. The number of halogens is 1. The average Bonchev–Trinajstić information content (AvgIpc) is 2.92. The van der Waals surface area contributed by atoms with Crippen molar-refractivity contribution in [2.75, 3.05) is 0 Å². The van der Waals surface area contributed by atoms with Gasteiger partial charge >= 0.3 is 0 Å². The van der Waals surface area contributed by atoms with Gasteiger partial charge in [0.05, 0.1) is 5.39 Å². The number of hydrogen-bond acceptors (Lipinski definition) is 4. The fraction of sp³-hybridized carbons (Fsp3) is 0.333. The predicted octanol–water partition coefficient (Wildman–Crippen LogP) is 5.05. The van der Waals surface area contributed by atoms with Gasteiger partial charge in [0.25, 0.3) is 0 Å². The topological polar surface area (TPSA) is 35.0 Å². The SMILES string of the molecule is CC1CCc2c(sc3ncnc(OCc4ccccc4Cl)c23)C1. The Hall–Kier alpha value is -1.65. The Morgan fingerprint density at radius 2 is 2.17 bits per heavy atom. The lowest BCUT2D eigenvalue weighted by atomic mass is 9.89. The van der Waals surface area contributed by atoms with Crippen LogP contribution in [0.4, 0.5) is 0 Å². The van der Waals surface area contributed by atoms with Gasteiger partial charge in [0.2, 0.25) is 5.88 Å². The number of hydrogen-bond donors (Lipinski definition) is 0. The predicted molar refractivity (Wildman–Crippen MR) is 94.4 cm³/mol. The first-order chi connectivity index (χ1) is 11.2. The van der Waals surface area contributed by atoms with Crippen LogP contribution in [0.5, 0.6) is 5.88 Å². The summed E-state index contributed by atoms with van der Waals surface area (Å²) in [6.07, 6.45) is 5.04. The minimum Gasteiger partial charge on any atom is -0.472 e. The Labute approximate surface area is 144 Å². The lowest BCUT2D eigenvalue weighted by Crippen LogP contribution is -2.09. The van der Waals surface area contributed by atoms with Crippen LogP contribution in [0.15, 0.2) is 30.6 Å². The van der Waals surface area contributed by atoms with Crippen LogP contribution in [-0.2, 0) is 19.4 Å². The highest BCUT2D eigenvalue weighted by Gasteiger charge is 2.23. The molecule has 0 fully saturated rings. The van der Waals surface area contributed by atoms with Crippen LogP contribution in [-0.4, -0.2) is 9.97 Å². The van der Waals surface area contributed by atoms with E-state index in [-0.39, 0.29) is 0 Å². The van der Waals surface area contributed by atoms with Crippen LogP contribution in [0, 0.1) is 5.92 Å². The van der Waals surface area contributed by atoms with Gasteiger partial charge in [-0.3, -0.25) is 0 Å². The Balaban J connectivity index is 1.69. The van der Waals surface area contributed by atoms with E-state index in [9.17, 15) is 0 Å². The van der Waals surface area contributed by atoms with E-state index >= 15 is 0 Å². The van der Waals surface area contributed by atoms with Gasteiger partial charge in [0.1, 0.15) is 17.8 Å². The van der Waals surface area contributed by atoms with Gasteiger partial charge in [0.15, 0.2) is 0 Å². The number of aromatic nitrogens is 2. The van der Waals surface area contributed by atoms with Crippen molar-refractivity contribution in [2.24, 2.45) is 5.92 Å². The zero-order valence-corrected chi connectivity index (χ0v) is 14.5. The van der Waals surface area contributed by atoms with E-state index in [0.29, 0.717) is 12.5 Å². The van der Waals surface area contributed by atoms with E-state index in [1.807, 2.05) is 24.3 Å². The van der Waals surface area contributed by atoms with Gasteiger partial charge in [-0.05, 0) is 36.8 Å². The highest BCUT2D eigenvalue weighted by atomic mass is 35.5. The number of nitrogens with zero attached hydrogens (tertiary/aromatic N) is 2. The van der Waals surface area contributed by atoms with Gasteiger partial charge < -0.3 is 4.74 Å². The number of ether oxygens (including phenoxy) is 1. The molecule has 3 nitrogen and oxygen atoms in total. The normalized spacial score (nSPS) is 17.2. The molecule has 0 amide bonds. The summed E-state index contributed by atoms with van der Waals surface area (Å²) >= 11 is 7.99. The van der Waals surface area contributed by atoms with E-state index in [1.54, 1.807) is 17.7 Å². The van der Waals surface area contributed by atoms with Crippen molar-refractivity contribution in [2.45, 2.75) is 32.8 Å². The maximum absolute atomic E-state index is 6.21. The van der Waals surface area contributed by atoms with Crippen molar-refractivity contribution >= 4 is 33.2 Å². The Morgan fingerprint density at radius 3 is 3.04 bits per heavy atom. The van der Waals surface area contributed by atoms with E-state index in [0.717, 1.165) is 39.6 Å². The molecule has 118 valence electrons. The summed E-state index contributed by atoms with van der Waals surface area (Å²) in [4.78, 5) is 11.3. The third-order valence-electron chi connectivity index (χ3n) is 4.38. The first-order valence-electron chi connectivity index (χ1n) is 7.84. The summed E-state index contributed by atoms with van der Waals surface area (Å²) in [5.74, 6) is 1.43. The van der Waals surface area contributed by atoms with Gasteiger partial charge in [-0.25, -0.2) is 9.97 Å². The number of benzene rings is 1. The van der Waals surface area contributed by atoms with E-state index in [1.165, 1.54) is 16.9 Å². The maximum Gasteiger partial charge on any atom is 0.225 e. The third kappa shape index (κ3) is 2.81. The quantitative estimate of drug-likeness (QED) is 0.667. The molecule has 0 bridgehead atoms. The fourth-order valence-corrected chi connectivity index (χ4v) is 4.65. The molecule has 5 heteroatoms. The minimum atomic E-state index is 0.423. The summed E-state index contributed by atoms with van der Waals surface area (Å²) in [7, 11) is 0. The molecule has 1 atom stereocenters. The summed E-state index contributed by atoms with van der Waals surface area (Å²) in [5.41, 5.74) is 2.36. The van der Waals surface area contributed by atoms with Crippen molar-refractivity contribution in [3.05, 3.63) is 51.6 Å². The molecule has 4 rings (SSSR count). The lowest BCUT2D eigenvalue weighted by molar-refractivity contribution is 0.297. The highest BCUT2D eigenvalue weighted by Crippen LogP contribution is 2.40. The molecule has 0 spiro atoms. The molecule has 0 saturated carbocycles. The van der Waals surface area contributed by atoms with Gasteiger partial charge in [0, 0.05) is 15.5 Å². The summed E-state index contributed by atoms with van der Waals surface area (Å²) in [6, 6.07) is 7.74. The smallest absolute Gasteiger partial charge is 0.225 e. The first-order valence-corrected chi connectivity index (χ1v) is 9.03. The third-order valence-corrected chi connectivity index (χ3v) is 5.91. The number of rotatable bonds is 3. The summed E-state index contributed by atoms with van der Waals surface area (Å²) < 4.78 is 6.01. The molecule has 0 saturated heterocycles. The number of aryl methyl sites for hydroxylation is 1. The maximum atomic E-state index is 6.21. The molecule has 0 N–H and O–H groups in total. The van der Waals surface area contributed by atoms with E-state index < -0.39 is 0 Å². The standard InChI is InChI=1S/C18H17ClN2OS/c1-11-6-7-13-15(8-11)23-18-16(13)17(20-10-21-18)22-9-12-4-2-3-5-14(12)19/h2-5,10-11H,6-9H2,1H3.